The van der Waals surface area contributed by atoms with Crippen molar-refractivity contribution in [2.24, 2.45) is 0 Å². The van der Waals surface area contributed by atoms with Gasteiger partial charge in [-0.3, -0.25) is 14.5 Å². The number of fused-ring (bicyclic) bond motifs is 2. The van der Waals surface area contributed by atoms with Crippen LogP contribution in [0, 0.1) is 0 Å². The molecular weight excluding hydrogens is 632 g/mol. The fraction of sp³-hybridized carbons (Fsp3) is 0.526. The van der Waals surface area contributed by atoms with E-state index in [2.05, 4.69) is 63.4 Å². The van der Waals surface area contributed by atoms with E-state index in [4.69, 9.17) is 9.47 Å². The minimum atomic E-state index is -0.404. The lowest BCUT2D eigenvalue weighted by Gasteiger charge is -2.32. The largest absolute Gasteiger partial charge is 0.484 e. The van der Waals surface area contributed by atoms with Crippen LogP contribution < -0.4 is 15.4 Å². The van der Waals surface area contributed by atoms with E-state index >= 15 is 0 Å². The second-order valence-electron chi connectivity index (χ2n) is 15.7. The van der Waals surface area contributed by atoms with Gasteiger partial charge in [-0.15, -0.1) is 10.2 Å². The van der Waals surface area contributed by atoms with E-state index in [1.165, 1.54) is 0 Å². The molecule has 1 aromatic carbocycles. The van der Waals surface area contributed by atoms with Gasteiger partial charge in [-0.25, -0.2) is 14.8 Å². The molecule has 2 atom stereocenters. The third-order valence-corrected chi connectivity index (χ3v) is 9.67. The van der Waals surface area contributed by atoms with Gasteiger partial charge < -0.3 is 19.7 Å². The van der Waals surface area contributed by atoms with Gasteiger partial charge in [-0.2, -0.15) is 0 Å². The molecule has 0 radical (unpaired) electrons. The minimum Gasteiger partial charge on any atom is -0.484 e. The first-order valence-electron chi connectivity index (χ1n) is 17.3. The van der Waals surface area contributed by atoms with Crippen molar-refractivity contribution in [3.63, 3.8) is 0 Å². The fourth-order valence-corrected chi connectivity index (χ4v) is 6.10. The molecule has 3 aromatic heterocycles. The first-order valence-corrected chi connectivity index (χ1v) is 17.3. The Balaban J connectivity index is 1.31. The maximum atomic E-state index is 13.5. The number of carbonyl (C=O) groups is 2. The second-order valence-corrected chi connectivity index (χ2v) is 15.7. The minimum absolute atomic E-state index is 0.115. The zero-order valence-corrected chi connectivity index (χ0v) is 31.1. The predicted octanol–water partition coefficient (Wildman–Crippen LogP) is 6.82. The summed E-state index contributed by atoms with van der Waals surface area (Å²) >= 11 is 0. The number of carbonyl (C=O) groups excluding carboxylic acids is 2. The highest BCUT2D eigenvalue weighted by molar-refractivity contribution is 5.94. The van der Waals surface area contributed by atoms with Gasteiger partial charge in [0, 0.05) is 36.0 Å². The average molecular weight is 685 g/mol. The smallest absolute Gasteiger partial charge is 0.320 e. The normalized spacial score (nSPS) is 16.7. The molecule has 0 spiro atoms. The summed E-state index contributed by atoms with van der Waals surface area (Å²) in [5.74, 6) is 1.75. The predicted molar refractivity (Wildman–Crippen MR) is 194 cm³/mol. The average Bonchev–Trinajstić information content (AvgIpc) is 3.48. The van der Waals surface area contributed by atoms with Crippen LogP contribution in [0.1, 0.15) is 120 Å². The number of nitrogens with one attached hydrogen (secondary N) is 2. The Morgan fingerprint density at radius 3 is 2.36 bits per heavy atom. The van der Waals surface area contributed by atoms with Crippen LogP contribution in [0.15, 0.2) is 48.7 Å². The second kappa shape index (κ2) is 14.4. The Morgan fingerprint density at radius 2 is 1.68 bits per heavy atom. The van der Waals surface area contributed by atoms with Crippen molar-refractivity contribution in [2.45, 2.75) is 103 Å². The van der Waals surface area contributed by atoms with E-state index in [0.29, 0.717) is 49.6 Å². The number of anilines is 1. The Labute approximate surface area is 295 Å². The SMILES string of the molecule is COCC(C)(C)c1nnc2ccc(O[C@@H]3CC[C@H](NC(=O)Nc4cc(C(C)(C)C)nc(C(=O)CCC(C)(C)N(C)C)n4)c4ccccc43)cn12. The number of nitrogens with zero attached hydrogens (tertiary/aromatic N) is 6. The number of amides is 2. The quantitative estimate of drug-likeness (QED) is 0.154. The Kier molecular flexibility index (Phi) is 10.6. The van der Waals surface area contributed by atoms with Crippen molar-refractivity contribution in [1.29, 1.82) is 0 Å². The topological polar surface area (TPSA) is 136 Å². The van der Waals surface area contributed by atoms with E-state index in [1.54, 1.807) is 13.2 Å². The molecule has 50 heavy (non-hydrogen) atoms. The van der Waals surface area contributed by atoms with Crippen LogP contribution in [0.4, 0.5) is 10.6 Å². The molecule has 0 bridgehead atoms. The number of ketones is 1. The highest BCUT2D eigenvalue weighted by Gasteiger charge is 2.31. The summed E-state index contributed by atoms with van der Waals surface area (Å²) in [7, 11) is 5.68. The third kappa shape index (κ3) is 8.30. The molecule has 0 unspecified atom stereocenters. The van der Waals surface area contributed by atoms with Crippen molar-refractivity contribution >= 4 is 23.3 Å². The van der Waals surface area contributed by atoms with Crippen molar-refractivity contribution in [2.75, 3.05) is 33.1 Å². The number of Topliss-reactive ketones (excluding diaryl/α,β-unsaturated/α-hetero) is 1. The first-order chi connectivity index (χ1) is 23.5. The van der Waals surface area contributed by atoms with Gasteiger partial charge in [0.25, 0.3) is 0 Å². The lowest BCUT2D eigenvalue weighted by Crippen LogP contribution is -2.38. The molecule has 4 aromatic rings. The fourth-order valence-electron chi connectivity index (χ4n) is 6.10. The number of methoxy groups -OCH3 is 1. The molecular formula is C38H52N8O4. The number of rotatable bonds is 12. The zero-order valence-electron chi connectivity index (χ0n) is 31.1. The molecule has 2 N–H and O–H groups in total. The summed E-state index contributed by atoms with van der Waals surface area (Å²) in [6.45, 7) is 14.9. The molecule has 0 fully saturated rings. The number of pyridine rings is 1. The molecule has 1 aliphatic carbocycles. The number of hydrogen-bond donors (Lipinski definition) is 2. The molecule has 1 aliphatic rings. The molecule has 12 heteroatoms. The van der Waals surface area contributed by atoms with Crippen molar-refractivity contribution in [3.8, 4) is 5.75 Å². The molecule has 0 saturated heterocycles. The Hall–Kier alpha value is -4.42. The van der Waals surface area contributed by atoms with Gasteiger partial charge in [0.05, 0.1) is 24.5 Å². The summed E-state index contributed by atoms with van der Waals surface area (Å²) in [5, 5.41) is 14.8. The number of ether oxygens (including phenoxy) is 2. The van der Waals surface area contributed by atoms with E-state index in [-0.39, 0.29) is 40.1 Å². The molecule has 0 saturated carbocycles. The van der Waals surface area contributed by atoms with Gasteiger partial charge in [-0.1, -0.05) is 58.9 Å². The van der Waals surface area contributed by atoms with Crippen LogP contribution in [0.5, 0.6) is 5.75 Å². The molecule has 268 valence electrons. The Morgan fingerprint density at radius 1 is 0.960 bits per heavy atom. The van der Waals surface area contributed by atoms with Crippen molar-refractivity contribution in [3.05, 3.63) is 77.1 Å². The van der Waals surface area contributed by atoms with Crippen molar-refractivity contribution < 1.29 is 19.1 Å². The Bertz CT molecular complexity index is 1840. The van der Waals surface area contributed by atoms with Crippen LogP contribution in [-0.2, 0) is 15.6 Å². The van der Waals surface area contributed by atoms with Gasteiger partial charge in [0.1, 0.15) is 23.5 Å². The lowest BCUT2D eigenvalue weighted by molar-refractivity contribution is 0.0934. The van der Waals surface area contributed by atoms with E-state index in [9.17, 15) is 9.59 Å². The summed E-state index contributed by atoms with van der Waals surface area (Å²) in [6.07, 6.45) is 4.02. The number of aromatic nitrogens is 5. The van der Waals surface area contributed by atoms with Gasteiger partial charge in [-0.05, 0) is 70.5 Å². The maximum absolute atomic E-state index is 13.5. The zero-order chi connectivity index (χ0) is 36.4. The highest BCUT2D eigenvalue weighted by atomic mass is 16.5. The van der Waals surface area contributed by atoms with Crippen molar-refractivity contribution in [1.82, 2.24) is 34.8 Å². The van der Waals surface area contributed by atoms with Gasteiger partial charge in [0.15, 0.2) is 17.3 Å². The first kappa shape index (κ1) is 36.9. The van der Waals surface area contributed by atoms with Gasteiger partial charge >= 0.3 is 6.03 Å². The van der Waals surface area contributed by atoms with Crippen LogP contribution in [0.2, 0.25) is 0 Å². The molecule has 3 heterocycles. The number of urea groups is 1. The maximum Gasteiger partial charge on any atom is 0.320 e. The van der Waals surface area contributed by atoms with E-state index < -0.39 is 6.03 Å². The summed E-state index contributed by atoms with van der Waals surface area (Å²) < 4.78 is 14.0. The summed E-state index contributed by atoms with van der Waals surface area (Å²) in [6, 6.07) is 12.9. The monoisotopic (exact) mass is 684 g/mol. The molecule has 12 nitrogen and oxygen atoms in total. The molecule has 0 aliphatic heterocycles. The summed E-state index contributed by atoms with van der Waals surface area (Å²) in [5.41, 5.74) is 2.56. The lowest BCUT2D eigenvalue weighted by atomic mass is 9.85. The van der Waals surface area contributed by atoms with E-state index in [0.717, 1.165) is 22.6 Å². The third-order valence-electron chi connectivity index (χ3n) is 9.67. The standard InChI is InChI=1S/C38H52N8O4/c1-36(2,3)30-21-31(41-33(40-30)28(47)19-20-38(6,7)45(8)9)42-35(48)39-27-16-17-29(26-14-12-11-13-25(26)27)50-24-15-18-32-43-44-34(46(32)22-24)37(4,5)23-49-10/h11-15,18,21-22,27,29H,16-17,19-20,23H2,1-10H3,(H2,39,40,41,42,48)/t27-,29+/m0/s1. The number of benzene rings is 1. The van der Waals surface area contributed by atoms with Crippen LogP contribution in [-0.4, -0.2) is 74.6 Å². The van der Waals surface area contributed by atoms with Crippen LogP contribution in [0.3, 0.4) is 0 Å². The molecule has 5 rings (SSSR count). The van der Waals surface area contributed by atoms with E-state index in [1.807, 2.05) is 81.9 Å². The van der Waals surface area contributed by atoms with Gasteiger partial charge in [0.2, 0.25) is 0 Å². The highest BCUT2D eigenvalue weighted by Crippen LogP contribution is 2.39. The number of hydrogen-bond acceptors (Lipinski definition) is 9. The van der Waals surface area contributed by atoms with Crippen LogP contribution >= 0.6 is 0 Å². The molecule has 2 amide bonds. The van der Waals surface area contributed by atoms with Crippen LogP contribution in [0.25, 0.3) is 5.65 Å². The summed E-state index contributed by atoms with van der Waals surface area (Å²) in [4.78, 5) is 38.0.